The highest BCUT2D eigenvalue weighted by molar-refractivity contribution is 5.11. The van der Waals surface area contributed by atoms with Gasteiger partial charge in [0.25, 0.3) is 0 Å². The van der Waals surface area contributed by atoms with Crippen LogP contribution in [-0.4, -0.2) is 23.9 Å². The Balaban J connectivity index is 2.76. The van der Waals surface area contributed by atoms with Gasteiger partial charge < -0.3 is 9.84 Å². The molecule has 1 aliphatic carbocycles. The molecule has 1 aliphatic rings. The van der Waals surface area contributed by atoms with Crippen molar-refractivity contribution in [2.75, 3.05) is 13.2 Å². The Bertz CT molecular complexity index is 260. The van der Waals surface area contributed by atoms with Crippen LogP contribution < -0.4 is 0 Å². The average molecular weight is 225 g/mol. The van der Waals surface area contributed by atoms with E-state index in [-0.39, 0.29) is 6.61 Å². The molecular weight excluding hydrogens is 202 g/mol. The van der Waals surface area contributed by atoms with Gasteiger partial charge in [0.2, 0.25) is 0 Å². The number of rotatable bonds is 4. The molecule has 16 heavy (non-hydrogen) atoms. The van der Waals surface area contributed by atoms with Crippen LogP contribution in [0.25, 0.3) is 0 Å². The maximum absolute atomic E-state index is 10.5. The predicted molar refractivity (Wildman–Crippen MR) is 62.8 cm³/mol. The maximum atomic E-state index is 10.5. The van der Waals surface area contributed by atoms with Gasteiger partial charge >= 0.3 is 0 Å². The van der Waals surface area contributed by atoms with E-state index in [1.807, 2.05) is 6.92 Å². The third-order valence-electron chi connectivity index (χ3n) is 3.96. The van der Waals surface area contributed by atoms with E-state index in [9.17, 15) is 10.4 Å². The molecule has 0 saturated heterocycles. The van der Waals surface area contributed by atoms with Gasteiger partial charge in [0, 0.05) is 6.61 Å². The SMILES string of the molecule is CCOCC(C)(O)C1(C#N)CCC(C)CC1. The van der Waals surface area contributed by atoms with Crippen LogP contribution in [0.5, 0.6) is 0 Å². The summed E-state index contributed by atoms with van der Waals surface area (Å²) in [6.07, 6.45) is 3.61. The van der Waals surface area contributed by atoms with Crippen LogP contribution >= 0.6 is 0 Å². The van der Waals surface area contributed by atoms with E-state index >= 15 is 0 Å². The Hall–Kier alpha value is -0.590. The van der Waals surface area contributed by atoms with E-state index in [1.54, 1.807) is 6.92 Å². The first-order chi connectivity index (χ1) is 7.47. The van der Waals surface area contributed by atoms with Crippen molar-refractivity contribution >= 4 is 0 Å². The van der Waals surface area contributed by atoms with Gasteiger partial charge in [-0.25, -0.2) is 0 Å². The zero-order valence-electron chi connectivity index (χ0n) is 10.6. The van der Waals surface area contributed by atoms with E-state index in [1.165, 1.54) is 0 Å². The van der Waals surface area contributed by atoms with E-state index < -0.39 is 11.0 Å². The second kappa shape index (κ2) is 5.16. The summed E-state index contributed by atoms with van der Waals surface area (Å²) in [5, 5.41) is 19.9. The first kappa shape index (κ1) is 13.5. The summed E-state index contributed by atoms with van der Waals surface area (Å²) in [4.78, 5) is 0. The molecule has 0 aromatic carbocycles. The van der Waals surface area contributed by atoms with E-state index in [2.05, 4.69) is 13.0 Å². The lowest BCUT2D eigenvalue weighted by Gasteiger charge is -2.43. The molecule has 3 heteroatoms. The Kier molecular flexibility index (Phi) is 4.35. The van der Waals surface area contributed by atoms with Crippen molar-refractivity contribution in [3.63, 3.8) is 0 Å². The zero-order valence-corrected chi connectivity index (χ0v) is 10.6. The second-order valence-electron chi connectivity index (χ2n) is 5.29. The molecule has 0 aliphatic heterocycles. The number of nitrogens with zero attached hydrogens (tertiary/aromatic N) is 1. The third-order valence-corrected chi connectivity index (χ3v) is 3.96. The number of ether oxygens (including phenoxy) is 1. The van der Waals surface area contributed by atoms with Gasteiger partial charge in [-0.15, -0.1) is 0 Å². The molecule has 0 aromatic rings. The molecule has 1 fully saturated rings. The van der Waals surface area contributed by atoms with Gasteiger partial charge in [-0.2, -0.15) is 5.26 Å². The highest BCUT2D eigenvalue weighted by atomic mass is 16.5. The van der Waals surface area contributed by atoms with Gasteiger partial charge in [-0.05, 0) is 45.4 Å². The average Bonchev–Trinajstić information content (AvgIpc) is 2.27. The number of hydrogen-bond donors (Lipinski definition) is 1. The van der Waals surface area contributed by atoms with Crippen LogP contribution in [0.4, 0.5) is 0 Å². The number of hydrogen-bond acceptors (Lipinski definition) is 3. The molecule has 0 radical (unpaired) electrons. The minimum Gasteiger partial charge on any atom is -0.386 e. The first-order valence-corrected chi connectivity index (χ1v) is 6.19. The highest BCUT2D eigenvalue weighted by Crippen LogP contribution is 2.46. The van der Waals surface area contributed by atoms with Gasteiger partial charge in [-0.3, -0.25) is 0 Å². The molecule has 0 amide bonds. The summed E-state index contributed by atoms with van der Waals surface area (Å²) < 4.78 is 5.30. The van der Waals surface area contributed by atoms with E-state index in [4.69, 9.17) is 4.74 Å². The molecule has 0 spiro atoms. The minimum atomic E-state index is -1.03. The standard InChI is InChI=1S/C13H23NO2/c1-4-16-10-12(3,15)13(9-14)7-5-11(2)6-8-13/h11,15H,4-8,10H2,1-3H3. The molecule has 1 rings (SSSR count). The molecule has 0 heterocycles. The summed E-state index contributed by atoms with van der Waals surface area (Å²) in [5.41, 5.74) is -1.65. The Morgan fingerprint density at radius 1 is 1.50 bits per heavy atom. The van der Waals surface area contributed by atoms with Crippen molar-refractivity contribution in [1.82, 2.24) is 0 Å². The highest BCUT2D eigenvalue weighted by Gasteiger charge is 2.49. The van der Waals surface area contributed by atoms with Crippen molar-refractivity contribution < 1.29 is 9.84 Å². The number of nitriles is 1. The molecule has 0 bridgehead atoms. The van der Waals surface area contributed by atoms with Gasteiger partial charge in [-0.1, -0.05) is 6.92 Å². The third kappa shape index (κ3) is 2.56. The molecule has 1 unspecified atom stereocenters. The van der Waals surface area contributed by atoms with Crippen LogP contribution in [0.2, 0.25) is 0 Å². The smallest absolute Gasteiger partial charge is 0.104 e. The summed E-state index contributed by atoms with van der Waals surface area (Å²) in [6.45, 7) is 6.68. The normalized spacial score (nSPS) is 34.1. The van der Waals surface area contributed by atoms with E-state index in [0.717, 1.165) is 25.7 Å². The van der Waals surface area contributed by atoms with Gasteiger partial charge in [0.1, 0.15) is 5.60 Å². The largest absolute Gasteiger partial charge is 0.386 e. The fourth-order valence-corrected chi connectivity index (χ4v) is 2.46. The first-order valence-electron chi connectivity index (χ1n) is 6.19. The lowest BCUT2D eigenvalue weighted by molar-refractivity contribution is -0.112. The predicted octanol–water partition coefficient (Wildman–Crippen LogP) is 2.49. The van der Waals surface area contributed by atoms with Crippen LogP contribution in [0.3, 0.4) is 0 Å². The van der Waals surface area contributed by atoms with Crippen molar-refractivity contribution in [2.24, 2.45) is 11.3 Å². The fourth-order valence-electron chi connectivity index (χ4n) is 2.46. The lowest BCUT2D eigenvalue weighted by atomic mass is 9.63. The summed E-state index contributed by atoms with van der Waals surface area (Å²) in [7, 11) is 0. The van der Waals surface area contributed by atoms with E-state index in [0.29, 0.717) is 12.5 Å². The number of aliphatic hydroxyl groups is 1. The topological polar surface area (TPSA) is 53.2 Å². The quantitative estimate of drug-likeness (QED) is 0.799. The Morgan fingerprint density at radius 3 is 2.50 bits per heavy atom. The Labute approximate surface area is 98.4 Å². The fraction of sp³-hybridized carbons (Fsp3) is 0.923. The Morgan fingerprint density at radius 2 is 2.06 bits per heavy atom. The lowest BCUT2D eigenvalue weighted by Crippen LogP contribution is -2.50. The zero-order chi connectivity index (χ0) is 12.2. The molecule has 1 saturated carbocycles. The molecule has 92 valence electrons. The molecule has 3 nitrogen and oxygen atoms in total. The van der Waals surface area contributed by atoms with Crippen molar-refractivity contribution in [3.05, 3.63) is 0 Å². The van der Waals surface area contributed by atoms with Crippen molar-refractivity contribution in [1.29, 1.82) is 5.26 Å². The molecule has 0 aromatic heterocycles. The maximum Gasteiger partial charge on any atom is 0.104 e. The van der Waals surface area contributed by atoms with Gasteiger partial charge in [0.15, 0.2) is 0 Å². The van der Waals surface area contributed by atoms with Crippen LogP contribution in [-0.2, 0) is 4.74 Å². The van der Waals surface area contributed by atoms with Crippen LogP contribution in [0.1, 0.15) is 46.5 Å². The van der Waals surface area contributed by atoms with Crippen LogP contribution in [0, 0.1) is 22.7 Å². The summed E-state index contributed by atoms with van der Waals surface area (Å²) in [5.74, 6) is 0.671. The molecule has 1 atom stereocenters. The van der Waals surface area contributed by atoms with Crippen molar-refractivity contribution in [2.45, 2.75) is 52.1 Å². The summed E-state index contributed by atoms with van der Waals surface area (Å²) in [6, 6.07) is 2.36. The van der Waals surface area contributed by atoms with Gasteiger partial charge in [0.05, 0.1) is 18.1 Å². The molecular formula is C13H23NO2. The minimum absolute atomic E-state index is 0.255. The summed E-state index contributed by atoms with van der Waals surface area (Å²) >= 11 is 0. The second-order valence-corrected chi connectivity index (χ2v) is 5.29. The molecule has 1 N–H and O–H groups in total. The van der Waals surface area contributed by atoms with Crippen LogP contribution in [0.15, 0.2) is 0 Å². The monoisotopic (exact) mass is 225 g/mol. The van der Waals surface area contributed by atoms with Crippen molar-refractivity contribution in [3.8, 4) is 6.07 Å².